The fourth-order valence-electron chi connectivity index (χ4n) is 2.15. The van der Waals surface area contributed by atoms with Gasteiger partial charge in [0.25, 0.3) is 0 Å². The Morgan fingerprint density at radius 1 is 1.26 bits per heavy atom. The zero-order chi connectivity index (χ0) is 13.7. The summed E-state index contributed by atoms with van der Waals surface area (Å²) in [5.74, 6) is 1.45. The fourth-order valence-corrected chi connectivity index (χ4v) is 2.15. The monoisotopic (exact) mass is 254 g/mol. The summed E-state index contributed by atoms with van der Waals surface area (Å²) in [6.07, 6.45) is 2.10. The number of nitrogens with zero attached hydrogens (tertiary/aromatic N) is 4. The highest BCUT2D eigenvalue weighted by atomic mass is 15.2. The van der Waals surface area contributed by atoms with Gasteiger partial charge in [0.1, 0.15) is 12.1 Å². The van der Waals surface area contributed by atoms with Crippen LogP contribution in [0, 0.1) is 17.2 Å². The molecular weight excluding hydrogens is 236 g/mol. The molecule has 1 aromatic heterocycles. The van der Waals surface area contributed by atoms with Crippen molar-refractivity contribution in [3.63, 3.8) is 0 Å². The number of anilines is 1. The van der Waals surface area contributed by atoms with Crippen molar-refractivity contribution in [2.45, 2.75) is 20.3 Å². The second-order valence-electron chi connectivity index (χ2n) is 4.96. The first-order valence-corrected chi connectivity index (χ1v) is 6.54. The van der Waals surface area contributed by atoms with Gasteiger partial charge in [0, 0.05) is 18.5 Å². The van der Waals surface area contributed by atoms with Gasteiger partial charge in [-0.2, -0.15) is 5.26 Å². The van der Waals surface area contributed by atoms with Crippen LogP contribution in [0.25, 0.3) is 10.9 Å². The van der Waals surface area contributed by atoms with Gasteiger partial charge >= 0.3 is 0 Å². The van der Waals surface area contributed by atoms with Crippen LogP contribution in [-0.2, 0) is 0 Å². The molecule has 0 spiro atoms. The van der Waals surface area contributed by atoms with Crippen LogP contribution >= 0.6 is 0 Å². The van der Waals surface area contributed by atoms with Crippen molar-refractivity contribution >= 4 is 16.7 Å². The molecule has 98 valence electrons. The standard InChI is InChI=1S/C15H18N4/c1-12(2)10-19(9-5-8-16)15-13-6-3-4-7-14(13)17-11-18-15/h3-4,6-7,11-12H,5,9-10H2,1-2H3. The minimum atomic E-state index is 0.505. The van der Waals surface area contributed by atoms with Crippen LogP contribution in [0.5, 0.6) is 0 Å². The third-order valence-electron chi connectivity index (χ3n) is 2.90. The van der Waals surface area contributed by atoms with Gasteiger partial charge in [-0.15, -0.1) is 0 Å². The van der Waals surface area contributed by atoms with Crippen LogP contribution in [-0.4, -0.2) is 23.1 Å². The third-order valence-corrected chi connectivity index (χ3v) is 2.90. The van der Waals surface area contributed by atoms with Crippen molar-refractivity contribution in [1.82, 2.24) is 9.97 Å². The highest BCUT2D eigenvalue weighted by molar-refractivity contribution is 5.89. The first-order chi connectivity index (χ1) is 9.22. The molecule has 4 heteroatoms. The zero-order valence-electron chi connectivity index (χ0n) is 11.4. The molecule has 0 bridgehead atoms. The lowest BCUT2D eigenvalue weighted by atomic mass is 10.1. The third kappa shape index (κ3) is 3.19. The van der Waals surface area contributed by atoms with Gasteiger partial charge in [-0.25, -0.2) is 9.97 Å². The quantitative estimate of drug-likeness (QED) is 0.823. The molecule has 1 heterocycles. The molecule has 1 aromatic carbocycles. The number of hydrogen-bond donors (Lipinski definition) is 0. The molecule has 2 rings (SSSR count). The second-order valence-corrected chi connectivity index (χ2v) is 4.96. The molecular formula is C15H18N4. The van der Waals surface area contributed by atoms with Gasteiger partial charge in [0.05, 0.1) is 18.0 Å². The smallest absolute Gasteiger partial charge is 0.139 e. The molecule has 19 heavy (non-hydrogen) atoms. The Kier molecular flexibility index (Phi) is 4.30. The van der Waals surface area contributed by atoms with E-state index in [9.17, 15) is 0 Å². The molecule has 0 saturated carbocycles. The first-order valence-electron chi connectivity index (χ1n) is 6.54. The normalized spacial score (nSPS) is 10.6. The fraction of sp³-hybridized carbons (Fsp3) is 0.400. The zero-order valence-corrected chi connectivity index (χ0v) is 11.4. The summed E-state index contributed by atoms with van der Waals surface area (Å²) in [7, 11) is 0. The summed E-state index contributed by atoms with van der Waals surface area (Å²) < 4.78 is 0. The van der Waals surface area contributed by atoms with E-state index >= 15 is 0 Å². The van der Waals surface area contributed by atoms with Crippen molar-refractivity contribution in [2.24, 2.45) is 5.92 Å². The topological polar surface area (TPSA) is 52.8 Å². The Hall–Kier alpha value is -2.15. The Morgan fingerprint density at radius 3 is 2.79 bits per heavy atom. The molecule has 0 saturated heterocycles. The van der Waals surface area contributed by atoms with Crippen molar-refractivity contribution in [2.75, 3.05) is 18.0 Å². The number of aromatic nitrogens is 2. The Balaban J connectivity index is 2.40. The van der Waals surface area contributed by atoms with E-state index in [0.29, 0.717) is 18.9 Å². The molecule has 0 radical (unpaired) electrons. The molecule has 0 amide bonds. The molecule has 0 unspecified atom stereocenters. The van der Waals surface area contributed by atoms with Crippen LogP contribution in [0.4, 0.5) is 5.82 Å². The van der Waals surface area contributed by atoms with Crippen molar-refractivity contribution in [1.29, 1.82) is 5.26 Å². The predicted molar refractivity (Wildman–Crippen MR) is 76.8 cm³/mol. The van der Waals surface area contributed by atoms with E-state index < -0.39 is 0 Å². The van der Waals surface area contributed by atoms with Crippen LogP contribution in [0.2, 0.25) is 0 Å². The number of rotatable bonds is 5. The van der Waals surface area contributed by atoms with Gasteiger partial charge in [-0.3, -0.25) is 0 Å². The van der Waals surface area contributed by atoms with Crippen LogP contribution in [0.1, 0.15) is 20.3 Å². The van der Waals surface area contributed by atoms with E-state index in [-0.39, 0.29) is 0 Å². The van der Waals surface area contributed by atoms with Gasteiger partial charge in [0.2, 0.25) is 0 Å². The van der Waals surface area contributed by atoms with E-state index in [2.05, 4.69) is 34.8 Å². The minimum Gasteiger partial charge on any atom is -0.355 e. The molecule has 0 aliphatic carbocycles. The van der Waals surface area contributed by atoms with Gasteiger partial charge < -0.3 is 4.90 Å². The molecule has 4 nitrogen and oxygen atoms in total. The average molecular weight is 254 g/mol. The number of nitriles is 1. The summed E-state index contributed by atoms with van der Waals surface area (Å²) in [6, 6.07) is 10.2. The number of hydrogen-bond acceptors (Lipinski definition) is 4. The lowest BCUT2D eigenvalue weighted by molar-refractivity contribution is 0.609. The van der Waals surface area contributed by atoms with E-state index in [1.807, 2.05) is 24.3 Å². The van der Waals surface area contributed by atoms with Crippen LogP contribution < -0.4 is 4.90 Å². The van der Waals surface area contributed by atoms with Crippen molar-refractivity contribution in [3.05, 3.63) is 30.6 Å². The average Bonchev–Trinajstić information content (AvgIpc) is 2.42. The predicted octanol–water partition coefficient (Wildman–Crippen LogP) is 3.01. The lowest BCUT2D eigenvalue weighted by Crippen LogP contribution is -2.29. The van der Waals surface area contributed by atoms with Gasteiger partial charge in [0.15, 0.2) is 0 Å². The molecule has 0 aliphatic heterocycles. The van der Waals surface area contributed by atoms with Crippen molar-refractivity contribution < 1.29 is 0 Å². The maximum absolute atomic E-state index is 8.80. The summed E-state index contributed by atoms with van der Waals surface area (Å²) in [6.45, 7) is 5.93. The van der Waals surface area contributed by atoms with E-state index in [4.69, 9.17) is 5.26 Å². The summed E-state index contributed by atoms with van der Waals surface area (Å²) >= 11 is 0. The summed E-state index contributed by atoms with van der Waals surface area (Å²) in [5.41, 5.74) is 0.943. The van der Waals surface area contributed by atoms with Gasteiger partial charge in [-0.05, 0) is 18.1 Å². The second kappa shape index (κ2) is 6.14. The SMILES string of the molecule is CC(C)CN(CCC#N)c1ncnc2ccccc12. The van der Waals surface area contributed by atoms with Crippen LogP contribution in [0.3, 0.4) is 0 Å². The minimum absolute atomic E-state index is 0.505. The highest BCUT2D eigenvalue weighted by Crippen LogP contribution is 2.23. The first kappa shape index (κ1) is 13.3. The van der Waals surface area contributed by atoms with Crippen molar-refractivity contribution in [3.8, 4) is 6.07 Å². The van der Waals surface area contributed by atoms with Gasteiger partial charge in [-0.1, -0.05) is 26.0 Å². The maximum Gasteiger partial charge on any atom is 0.139 e. The van der Waals surface area contributed by atoms with Crippen LogP contribution in [0.15, 0.2) is 30.6 Å². The Labute approximate surface area is 113 Å². The lowest BCUT2D eigenvalue weighted by Gasteiger charge is -2.25. The molecule has 0 N–H and O–H groups in total. The Bertz CT molecular complexity index is 581. The number of para-hydroxylation sites is 1. The summed E-state index contributed by atoms with van der Waals surface area (Å²) in [4.78, 5) is 10.9. The molecule has 2 aromatic rings. The number of benzene rings is 1. The Morgan fingerprint density at radius 2 is 2.05 bits per heavy atom. The molecule has 0 atom stereocenters. The van der Waals surface area contributed by atoms with E-state index in [1.54, 1.807) is 6.33 Å². The molecule has 0 aliphatic rings. The summed E-state index contributed by atoms with van der Waals surface area (Å²) in [5, 5.41) is 9.85. The van der Waals surface area contributed by atoms with E-state index in [0.717, 1.165) is 23.3 Å². The maximum atomic E-state index is 8.80. The largest absolute Gasteiger partial charge is 0.355 e. The van der Waals surface area contributed by atoms with E-state index in [1.165, 1.54) is 0 Å². The number of fused-ring (bicyclic) bond motifs is 1. The molecule has 0 fully saturated rings. The highest BCUT2D eigenvalue weighted by Gasteiger charge is 2.13.